The van der Waals surface area contributed by atoms with Gasteiger partial charge in [0.05, 0.1) is 19.1 Å². The lowest BCUT2D eigenvalue weighted by atomic mass is 9.87. The van der Waals surface area contributed by atoms with Crippen molar-refractivity contribution in [3.05, 3.63) is 63.1 Å². The molecule has 0 fully saturated rings. The number of carbonyl (C=O) groups is 2. The maximum atomic E-state index is 12.9. The highest BCUT2D eigenvalue weighted by atomic mass is 16.5. The molecular formula is C21H24N2O5. The fourth-order valence-corrected chi connectivity index (χ4v) is 3.65. The van der Waals surface area contributed by atoms with Gasteiger partial charge in [-0.3, -0.25) is 14.4 Å². The second-order valence-electron chi connectivity index (χ2n) is 7.31. The number of rotatable bonds is 6. The van der Waals surface area contributed by atoms with Crippen molar-refractivity contribution >= 4 is 11.9 Å². The van der Waals surface area contributed by atoms with E-state index in [4.69, 9.17) is 4.74 Å². The number of fused-ring (bicyclic) bond motifs is 1. The van der Waals surface area contributed by atoms with Crippen LogP contribution in [0.4, 0.5) is 0 Å². The van der Waals surface area contributed by atoms with Crippen LogP contribution in [0.3, 0.4) is 0 Å². The third-order valence-corrected chi connectivity index (χ3v) is 5.18. The zero-order valence-corrected chi connectivity index (χ0v) is 16.0. The molecule has 2 aromatic rings. The minimum absolute atomic E-state index is 0.000148. The zero-order valence-electron chi connectivity index (χ0n) is 16.0. The first-order valence-electron chi connectivity index (χ1n) is 9.26. The van der Waals surface area contributed by atoms with Crippen LogP contribution in [0.15, 0.2) is 35.1 Å². The minimum Gasteiger partial charge on any atom is -0.497 e. The van der Waals surface area contributed by atoms with Gasteiger partial charge < -0.3 is 20.1 Å². The summed E-state index contributed by atoms with van der Waals surface area (Å²) in [5, 5.41) is 12.1. The summed E-state index contributed by atoms with van der Waals surface area (Å²) in [6.45, 7) is 1.63. The van der Waals surface area contributed by atoms with Crippen LogP contribution < -0.4 is 15.6 Å². The number of pyridine rings is 1. The Morgan fingerprint density at radius 2 is 2.00 bits per heavy atom. The molecule has 1 aromatic carbocycles. The van der Waals surface area contributed by atoms with E-state index in [1.807, 2.05) is 0 Å². The number of nitrogens with one attached hydrogen (secondary N) is 2. The SMILES string of the molecule is COc1cccc(C(C)(CC(=O)O)NC(=O)c2cc3c([nH]c2=O)CCCC3)c1. The summed E-state index contributed by atoms with van der Waals surface area (Å²) in [5.74, 6) is -1.11. The van der Waals surface area contributed by atoms with E-state index >= 15 is 0 Å². The van der Waals surface area contributed by atoms with Crippen molar-refractivity contribution in [2.24, 2.45) is 0 Å². The number of carbonyl (C=O) groups excluding carboxylic acids is 1. The lowest BCUT2D eigenvalue weighted by molar-refractivity contribution is -0.138. The van der Waals surface area contributed by atoms with Crippen LogP contribution in [0, 0.1) is 0 Å². The van der Waals surface area contributed by atoms with Gasteiger partial charge in [-0.15, -0.1) is 0 Å². The molecule has 3 N–H and O–H groups in total. The van der Waals surface area contributed by atoms with E-state index in [2.05, 4.69) is 10.3 Å². The first-order chi connectivity index (χ1) is 13.3. The van der Waals surface area contributed by atoms with Gasteiger partial charge in [0, 0.05) is 5.69 Å². The van der Waals surface area contributed by atoms with E-state index in [1.165, 1.54) is 7.11 Å². The van der Waals surface area contributed by atoms with Crippen LogP contribution in [0.5, 0.6) is 5.75 Å². The number of aryl methyl sites for hydroxylation is 2. The molecule has 0 radical (unpaired) electrons. The highest BCUT2D eigenvalue weighted by Crippen LogP contribution is 2.28. The quantitative estimate of drug-likeness (QED) is 0.709. The lowest BCUT2D eigenvalue weighted by Gasteiger charge is -2.30. The van der Waals surface area contributed by atoms with Crippen LogP contribution in [0.1, 0.15) is 53.4 Å². The average Bonchev–Trinajstić information content (AvgIpc) is 2.66. The molecule has 148 valence electrons. The molecule has 28 heavy (non-hydrogen) atoms. The third-order valence-electron chi connectivity index (χ3n) is 5.18. The number of H-pyrrole nitrogens is 1. The number of methoxy groups -OCH3 is 1. The van der Waals surface area contributed by atoms with Gasteiger partial charge in [-0.2, -0.15) is 0 Å². The molecule has 1 aliphatic carbocycles. The van der Waals surface area contributed by atoms with Crippen LogP contribution in [0.2, 0.25) is 0 Å². The molecule has 1 amide bonds. The number of benzene rings is 1. The molecule has 0 aliphatic heterocycles. The molecule has 7 nitrogen and oxygen atoms in total. The summed E-state index contributed by atoms with van der Waals surface area (Å²) in [6.07, 6.45) is 3.30. The van der Waals surface area contributed by atoms with Crippen molar-refractivity contribution in [3.63, 3.8) is 0 Å². The van der Waals surface area contributed by atoms with E-state index in [0.717, 1.165) is 36.9 Å². The van der Waals surface area contributed by atoms with Crippen LogP contribution in [-0.2, 0) is 23.2 Å². The Bertz CT molecular complexity index is 966. The summed E-state index contributed by atoms with van der Waals surface area (Å²) in [7, 11) is 1.51. The highest BCUT2D eigenvalue weighted by Gasteiger charge is 2.33. The van der Waals surface area contributed by atoms with Gasteiger partial charge >= 0.3 is 5.97 Å². The predicted molar refractivity (Wildman–Crippen MR) is 104 cm³/mol. The molecule has 1 aliphatic rings. The second kappa shape index (κ2) is 7.88. The smallest absolute Gasteiger partial charge is 0.306 e. The van der Waals surface area contributed by atoms with E-state index in [1.54, 1.807) is 37.3 Å². The first kappa shape index (κ1) is 19.7. The fourth-order valence-electron chi connectivity index (χ4n) is 3.65. The van der Waals surface area contributed by atoms with Crippen LogP contribution >= 0.6 is 0 Å². The Kier molecular flexibility index (Phi) is 5.53. The van der Waals surface area contributed by atoms with Crippen molar-refractivity contribution in [1.82, 2.24) is 10.3 Å². The standard InChI is InChI=1S/C21H24N2O5/c1-21(12-18(24)25,14-7-5-8-15(11-14)28-2)23-20(27)16-10-13-6-3-4-9-17(13)22-19(16)26/h5,7-8,10-11H,3-4,6,9,12H2,1-2H3,(H,22,26)(H,23,27)(H,24,25). The molecule has 7 heteroatoms. The summed E-state index contributed by atoms with van der Waals surface area (Å²) in [4.78, 5) is 39.6. The van der Waals surface area contributed by atoms with Gasteiger partial charge in [0.1, 0.15) is 11.3 Å². The van der Waals surface area contributed by atoms with E-state index in [-0.39, 0.29) is 12.0 Å². The largest absolute Gasteiger partial charge is 0.497 e. The predicted octanol–water partition coefficient (Wildman–Crippen LogP) is 2.38. The normalized spacial score (nSPS) is 15.2. The van der Waals surface area contributed by atoms with Gasteiger partial charge in [-0.25, -0.2) is 0 Å². The van der Waals surface area contributed by atoms with Gasteiger partial charge in [0.25, 0.3) is 11.5 Å². The van der Waals surface area contributed by atoms with E-state index < -0.39 is 23.0 Å². The first-order valence-corrected chi connectivity index (χ1v) is 9.26. The maximum absolute atomic E-state index is 12.9. The molecule has 0 saturated carbocycles. The average molecular weight is 384 g/mol. The molecular weight excluding hydrogens is 360 g/mol. The van der Waals surface area contributed by atoms with Gasteiger partial charge in [-0.1, -0.05) is 12.1 Å². The Morgan fingerprint density at radius 3 is 2.71 bits per heavy atom. The van der Waals surface area contributed by atoms with Crippen molar-refractivity contribution < 1.29 is 19.4 Å². The van der Waals surface area contributed by atoms with E-state index in [9.17, 15) is 19.5 Å². The molecule has 1 heterocycles. The van der Waals surface area contributed by atoms with Crippen LogP contribution in [0.25, 0.3) is 0 Å². The number of hydrogen-bond acceptors (Lipinski definition) is 4. The number of ether oxygens (including phenoxy) is 1. The van der Waals surface area contributed by atoms with Crippen molar-refractivity contribution in [3.8, 4) is 5.75 Å². The summed E-state index contributed by atoms with van der Waals surface area (Å²) in [6, 6.07) is 8.51. The Labute approximate surface area is 162 Å². The highest BCUT2D eigenvalue weighted by molar-refractivity contribution is 5.95. The van der Waals surface area contributed by atoms with Gasteiger partial charge in [0.2, 0.25) is 0 Å². The number of carboxylic acid groups (broad SMARTS) is 1. The second-order valence-corrected chi connectivity index (χ2v) is 7.31. The Hall–Kier alpha value is -3.09. The summed E-state index contributed by atoms with van der Waals surface area (Å²) in [5.41, 5.74) is 0.768. The number of carboxylic acids is 1. The monoisotopic (exact) mass is 384 g/mol. The summed E-state index contributed by atoms with van der Waals surface area (Å²) < 4.78 is 5.21. The lowest BCUT2D eigenvalue weighted by Crippen LogP contribution is -2.46. The van der Waals surface area contributed by atoms with Crippen molar-refractivity contribution in [2.75, 3.05) is 7.11 Å². The molecule has 0 bridgehead atoms. The maximum Gasteiger partial charge on any atom is 0.306 e. The summed E-state index contributed by atoms with van der Waals surface area (Å²) >= 11 is 0. The Balaban J connectivity index is 1.96. The number of amides is 1. The molecule has 0 saturated heterocycles. The Morgan fingerprint density at radius 1 is 1.25 bits per heavy atom. The van der Waals surface area contributed by atoms with Crippen molar-refractivity contribution in [2.45, 2.75) is 44.6 Å². The van der Waals surface area contributed by atoms with Gasteiger partial charge in [0.15, 0.2) is 0 Å². The number of aliphatic carboxylic acids is 1. The van der Waals surface area contributed by atoms with Crippen molar-refractivity contribution in [1.29, 1.82) is 0 Å². The molecule has 1 aromatic heterocycles. The molecule has 0 spiro atoms. The topological polar surface area (TPSA) is 108 Å². The number of aromatic nitrogens is 1. The molecule has 1 atom stereocenters. The molecule has 1 unspecified atom stereocenters. The molecule has 3 rings (SSSR count). The van der Waals surface area contributed by atoms with E-state index in [0.29, 0.717) is 11.3 Å². The minimum atomic E-state index is -1.21. The zero-order chi connectivity index (χ0) is 20.3. The number of aromatic amines is 1. The fraction of sp³-hybridized carbons (Fsp3) is 0.381. The number of hydrogen-bond donors (Lipinski definition) is 3. The van der Waals surface area contributed by atoms with Crippen LogP contribution in [-0.4, -0.2) is 29.1 Å². The third kappa shape index (κ3) is 4.08. The van der Waals surface area contributed by atoms with Gasteiger partial charge in [-0.05, 0) is 61.9 Å².